The summed E-state index contributed by atoms with van der Waals surface area (Å²) in [5, 5.41) is 3.63. The number of hydrogen-bond donors (Lipinski definition) is 1. The highest BCUT2D eigenvalue weighted by Gasteiger charge is 2.17. The summed E-state index contributed by atoms with van der Waals surface area (Å²) in [6.45, 7) is 3.21. The molecule has 0 saturated carbocycles. The van der Waals surface area contributed by atoms with E-state index in [2.05, 4.69) is 97.0 Å². The van der Waals surface area contributed by atoms with E-state index in [1.807, 2.05) is 0 Å². The van der Waals surface area contributed by atoms with Gasteiger partial charge in [0.05, 0.1) is 9.83 Å². The number of rotatable bonds is 5. The zero-order valence-corrected chi connectivity index (χ0v) is 16.6. The van der Waals surface area contributed by atoms with Gasteiger partial charge in [-0.15, -0.1) is 11.3 Å². The molecular weight excluding hydrogens is 501 g/mol. The summed E-state index contributed by atoms with van der Waals surface area (Å²) in [7, 11) is 0. The first-order valence-corrected chi connectivity index (χ1v) is 9.53. The maximum Gasteiger partial charge on any atom is 0.0843 e. The van der Waals surface area contributed by atoms with Crippen LogP contribution in [-0.2, 0) is 0 Å². The van der Waals surface area contributed by atoms with E-state index in [0.717, 1.165) is 21.2 Å². The van der Waals surface area contributed by atoms with Gasteiger partial charge in [-0.2, -0.15) is 0 Å². The molecule has 2 rings (SSSR count). The third-order valence-electron chi connectivity index (χ3n) is 2.75. The van der Waals surface area contributed by atoms with Crippen LogP contribution in [0.1, 0.15) is 29.8 Å². The first kappa shape index (κ1) is 15.9. The lowest BCUT2D eigenvalue weighted by atomic mass is 10.1. The minimum atomic E-state index is 0.268. The second-order valence-electron chi connectivity index (χ2n) is 4.21. The fourth-order valence-corrected chi connectivity index (χ4v) is 4.39. The van der Waals surface area contributed by atoms with E-state index >= 15 is 0 Å². The van der Waals surface area contributed by atoms with Gasteiger partial charge >= 0.3 is 0 Å². The summed E-state index contributed by atoms with van der Waals surface area (Å²) in [6, 6.07) is 11.2. The van der Waals surface area contributed by atoms with Crippen LogP contribution in [0.5, 0.6) is 0 Å². The minimum Gasteiger partial charge on any atom is -0.306 e. The molecule has 0 radical (unpaired) electrons. The molecule has 1 N–H and O–H groups in total. The number of thiophene rings is 1. The second kappa shape index (κ2) is 7.54. The van der Waals surface area contributed by atoms with Gasteiger partial charge in [-0.25, -0.2) is 0 Å². The summed E-state index contributed by atoms with van der Waals surface area (Å²) >= 11 is 11.3. The van der Waals surface area contributed by atoms with E-state index < -0.39 is 0 Å². The Bertz CT molecular complexity index is 519. The quantitative estimate of drug-likeness (QED) is 0.485. The molecule has 1 heterocycles. The Morgan fingerprint density at radius 2 is 1.95 bits per heavy atom. The average Bonchev–Trinajstić information content (AvgIpc) is 2.72. The molecule has 0 fully saturated rings. The van der Waals surface area contributed by atoms with Crippen LogP contribution in [0.2, 0.25) is 0 Å². The van der Waals surface area contributed by atoms with E-state index in [1.54, 1.807) is 11.3 Å². The van der Waals surface area contributed by atoms with Gasteiger partial charge in [0, 0.05) is 12.9 Å². The molecule has 0 aliphatic heterocycles. The van der Waals surface area contributed by atoms with Gasteiger partial charge in [-0.3, -0.25) is 0 Å². The zero-order chi connectivity index (χ0) is 13.8. The number of benzene rings is 1. The van der Waals surface area contributed by atoms with Gasteiger partial charge in [-0.05, 0) is 91.2 Å². The smallest absolute Gasteiger partial charge is 0.0843 e. The summed E-state index contributed by atoms with van der Waals surface area (Å²) in [5.74, 6) is 0. The van der Waals surface area contributed by atoms with Gasteiger partial charge in [0.1, 0.15) is 0 Å². The SMILES string of the molecule is CCCNC(c1ccc(I)cc1)c1cc(Br)c(Br)s1. The standard InChI is InChI=1S/C14H14Br2INS/c1-2-7-18-13(9-3-5-10(17)6-4-9)12-8-11(15)14(16)19-12/h3-6,8,13,18H,2,7H2,1H3. The van der Waals surface area contributed by atoms with Gasteiger partial charge in [0.25, 0.3) is 0 Å². The number of halogens is 3. The van der Waals surface area contributed by atoms with Crippen LogP contribution in [0.15, 0.2) is 38.6 Å². The molecule has 1 atom stereocenters. The van der Waals surface area contributed by atoms with Crippen molar-refractivity contribution >= 4 is 65.8 Å². The van der Waals surface area contributed by atoms with Crippen LogP contribution in [0.25, 0.3) is 0 Å². The van der Waals surface area contributed by atoms with E-state index in [4.69, 9.17) is 0 Å². The fraction of sp³-hybridized carbons (Fsp3) is 0.286. The van der Waals surface area contributed by atoms with Crippen molar-refractivity contribution < 1.29 is 0 Å². The summed E-state index contributed by atoms with van der Waals surface area (Å²) < 4.78 is 3.54. The Morgan fingerprint density at radius 1 is 1.26 bits per heavy atom. The fourth-order valence-electron chi connectivity index (χ4n) is 1.83. The number of hydrogen-bond acceptors (Lipinski definition) is 2. The molecule has 0 bridgehead atoms. The molecule has 2 aromatic rings. The topological polar surface area (TPSA) is 12.0 Å². The predicted molar refractivity (Wildman–Crippen MR) is 99.0 cm³/mol. The maximum atomic E-state index is 3.63. The molecule has 0 aliphatic rings. The molecule has 0 amide bonds. The van der Waals surface area contributed by atoms with Crippen molar-refractivity contribution in [3.05, 3.63) is 52.6 Å². The van der Waals surface area contributed by atoms with Crippen molar-refractivity contribution in [2.45, 2.75) is 19.4 Å². The molecule has 0 saturated heterocycles. The lowest BCUT2D eigenvalue weighted by molar-refractivity contribution is 0.606. The van der Waals surface area contributed by atoms with E-state index in [-0.39, 0.29) is 6.04 Å². The molecule has 1 aromatic carbocycles. The first-order chi connectivity index (χ1) is 9.11. The lowest BCUT2D eigenvalue weighted by Gasteiger charge is -2.17. The molecule has 1 unspecified atom stereocenters. The van der Waals surface area contributed by atoms with E-state index in [0.29, 0.717) is 0 Å². The predicted octanol–water partition coefficient (Wildman–Crippen LogP) is 5.97. The van der Waals surface area contributed by atoms with Gasteiger partial charge in [0.2, 0.25) is 0 Å². The van der Waals surface area contributed by atoms with Crippen molar-refractivity contribution in [2.75, 3.05) is 6.54 Å². The molecule has 1 nitrogen and oxygen atoms in total. The summed E-state index contributed by atoms with van der Waals surface area (Å²) in [6.07, 6.45) is 1.13. The van der Waals surface area contributed by atoms with E-state index in [1.165, 1.54) is 14.0 Å². The Morgan fingerprint density at radius 3 is 2.47 bits per heavy atom. The Labute approximate surface area is 148 Å². The highest BCUT2D eigenvalue weighted by atomic mass is 127. The van der Waals surface area contributed by atoms with Crippen LogP contribution in [-0.4, -0.2) is 6.54 Å². The molecule has 1 aromatic heterocycles. The van der Waals surface area contributed by atoms with Crippen LogP contribution in [0, 0.1) is 3.57 Å². The number of nitrogens with one attached hydrogen (secondary N) is 1. The molecule has 19 heavy (non-hydrogen) atoms. The van der Waals surface area contributed by atoms with Gasteiger partial charge < -0.3 is 5.32 Å². The Kier molecular flexibility index (Phi) is 6.33. The Hall–Kier alpha value is 0.570. The van der Waals surface area contributed by atoms with Crippen molar-refractivity contribution in [1.82, 2.24) is 5.32 Å². The molecular formula is C14H14Br2INS. The average molecular weight is 515 g/mol. The monoisotopic (exact) mass is 513 g/mol. The molecule has 0 spiro atoms. The summed E-state index contributed by atoms with van der Waals surface area (Å²) in [4.78, 5) is 1.33. The van der Waals surface area contributed by atoms with Crippen molar-refractivity contribution in [2.24, 2.45) is 0 Å². The second-order valence-corrected chi connectivity index (χ2v) is 8.71. The normalized spacial score (nSPS) is 12.6. The lowest BCUT2D eigenvalue weighted by Crippen LogP contribution is -2.22. The van der Waals surface area contributed by atoms with E-state index in [9.17, 15) is 0 Å². The van der Waals surface area contributed by atoms with Gasteiger partial charge in [0.15, 0.2) is 0 Å². The van der Waals surface area contributed by atoms with Crippen LogP contribution in [0.3, 0.4) is 0 Å². The highest BCUT2D eigenvalue weighted by molar-refractivity contribution is 14.1. The highest BCUT2D eigenvalue weighted by Crippen LogP contribution is 2.37. The maximum absolute atomic E-state index is 3.63. The van der Waals surface area contributed by atoms with Crippen molar-refractivity contribution in [1.29, 1.82) is 0 Å². The Balaban J connectivity index is 2.32. The van der Waals surface area contributed by atoms with Crippen molar-refractivity contribution in [3.63, 3.8) is 0 Å². The zero-order valence-electron chi connectivity index (χ0n) is 10.4. The largest absolute Gasteiger partial charge is 0.306 e. The third kappa shape index (κ3) is 4.27. The first-order valence-electron chi connectivity index (χ1n) is 6.05. The van der Waals surface area contributed by atoms with Gasteiger partial charge in [-0.1, -0.05) is 19.1 Å². The minimum absolute atomic E-state index is 0.268. The molecule has 0 aliphatic carbocycles. The van der Waals surface area contributed by atoms with Crippen molar-refractivity contribution in [3.8, 4) is 0 Å². The van der Waals surface area contributed by atoms with Crippen LogP contribution >= 0.6 is 65.8 Å². The van der Waals surface area contributed by atoms with Crippen LogP contribution < -0.4 is 5.32 Å². The summed E-state index contributed by atoms with van der Waals surface area (Å²) in [5.41, 5.74) is 1.31. The van der Waals surface area contributed by atoms with Crippen LogP contribution in [0.4, 0.5) is 0 Å². The molecule has 5 heteroatoms. The molecule has 102 valence electrons. The third-order valence-corrected chi connectivity index (χ3v) is 6.79.